The Hall–Kier alpha value is -1.76. The topological polar surface area (TPSA) is 49.8 Å². The molecule has 0 aliphatic heterocycles. The highest BCUT2D eigenvalue weighted by atomic mass is 79.9. The Morgan fingerprint density at radius 2 is 1.85 bits per heavy atom. The van der Waals surface area contributed by atoms with E-state index in [1.807, 2.05) is 6.92 Å². The molecule has 1 aromatic heterocycles. The molecule has 0 saturated carbocycles. The van der Waals surface area contributed by atoms with Crippen molar-refractivity contribution in [3.05, 3.63) is 40.1 Å². The molecule has 2 rings (SSSR count). The monoisotopic (exact) mass is 342 g/mol. The zero-order valence-corrected chi connectivity index (χ0v) is 12.6. The van der Waals surface area contributed by atoms with Crippen molar-refractivity contribution in [2.75, 3.05) is 17.7 Å². The average molecular weight is 343 g/mol. The minimum absolute atomic E-state index is 0.147. The van der Waals surface area contributed by atoms with E-state index in [0.717, 1.165) is 11.6 Å². The van der Waals surface area contributed by atoms with Crippen LogP contribution in [-0.4, -0.2) is 17.0 Å². The van der Waals surface area contributed by atoms with Crippen LogP contribution in [0.4, 0.5) is 26.1 Å². The van der Waals surface area contributed by atoms with Crippen molar-refractivity contribution in [2.45, 2.75) is 13.3 Å². The Labute approximate surface area is 123 Å². The molecule has 7 heteroatoms. The Morgan fingerprint density at radius 1 is 1.15 bits per heavy atom. The molecular weight excluding hydrogens is 330 g/mol. The van der Waals surface area contributed by atoms with Crippen molar-refractivity contribution >= 4 is 33.3 Å². The van der Waals surface area contributed by atoms with Gasteiger partial charge in [-0.15, -0.1) is 0 Å². The third-order valence-electron chi connectivity index (χ3n) is 2.80. The van der Waals surface area contributed by atoms with Crippen LogP contribution in [0.15, 0.2) is 22.9 Å². The van der Waals surface area contributed by atoms with E-state index in [4.69, 9.17) is 0 Å². The van der Waals surface area contributed by atoms with Crippen molar-refractivity contribution in [2.24, 2.45) is 0 Å². The second-order valence-corrected chi connectivity index (χ2v) is 4.88. The summed E-state index contributed by atoms with van der Waals surface area (Å²) in [6.07, 6.45) is 2.05. The first-order chi connectivity index (χ1) is 9.56. The predicted molar refractivity (Wildman–Crippen MR) is 78.3 cm³/mol. The lowest BCUT2D eigenvalue weighted by molar-refractivity contribution is 0.581. The first kappa shape index (κ1) is 14.6. The van der Waals surface area contributed by atoms with Crippen LogP contribution in [0.25, 0.3) is 0 Å². The second kappa shape index (κ2) is 6.13. The molecule has 1 aromatic carbocycles. The van der Waals surface area contributed by atoms with Gasteiger partial charge in [0.1, 0.15) is 29.6 Å². The van der Waals surface area contributed by atoms with Crippen molar-refractivity contribution in [3.8, 4) is 0 Å². The van der Waals surface area contributed by atoms with E-state index in [-0.39, 0.29) is 10.2 Å². The molecule has 0 bridgehead atoms. The summed E-state index contributed by atoms with van der Waals surface area (Å²) in [7, 11) is 1.75. The minimum Gasteiger partial charge on any atom is -0.373 e. The van der Waals surface area contributed by atoms with Crippen molar-refractivity contribution in [1.29, 1.82) is 0 Å². The summed E-state index contributed by atoms with van der Waals surface area (Å²) in [6, 6.07) is 2.16. The fourth-order valence-electron chi connectivity index (χ4n) is 1.82. The van der Waals surface area contributed by atoms with Crippen LogP contribution in [0, 0.1) is 11.6 Å². The minimum atomic E-state index is -0.683. The highest BCUT2D eigenvalue weighted by Gasteiger charge is 2.13. The molecule has 0 aliphatic carbocycles. The first-order valence-corrected chi connectivity index (χ1v) is 6.79. The Morgan fingerprint density at radius 3 is 2.50 bits per heavy atom. The SMILES string of the molecule is CCc1c(NC)ncnc1Nc1cc(Br)c(F)cc1F. The fourth-order valence-corrected chi connectivity index (χ4v) is 2.16. The van der Waals surface area contributed by atoms with E-state index in [1.54, 1.807) is 7.05 Å². The highest BCUT2D eigenvalue weighted by Crippen LogP contribution is 2.28. The number of halogens is 3. The van der Waals surface area contributed by atoms with Crippen LogP contribution in [0.2, 0.25) is 0 Å². The van der Waals surface area contributed by atoms with Gasteiger partial charge >= 0.3 is 0 Å². The summed E-state index contributed by atoms with van der Waals surface area (Å²) in [6.45, 7) is 1.95. The van der Waals surface area contributed by atoms with Gasteiger partial charge in [-0.3, -0.25) is 0 Å². The maximum absolute atomic E-state index is 13.8. The smallest absolute Gasteiger partial charge is 0.149 e. The van der Waals surface area contributed by atoms with Gasteiger partial charge in [-0.2, -0.15) is 0 Å². The number of hydrogen-bond donors (Lipinski definition) is 2. The van der Waals surface area contributed by atoms with Crippen LogP contribution in [0.5, 0.6) is 0 Å². The van der Waals surface area contributed by atoms with Gasteiger partial charge < -0.3 is 10.6 Å². The molecule has 0 amide bonds. The number of nitrogens with one attached hydrogen (secondary N) is 2. The van der Waals surface area contributed by atoms with E-state index in [9.17, 15) is 8.78 Å². The summed E-state index contributed by atoms with van der Waals surface area (Å²) in [5.41, 5.74) is 0.976. The number of rotatable bonds is 4. The van der Waals surface area contributed by atoms with Gasteiger partial charge in [0, 0.05) is 18.7 Å². The molecule has 0 saturated heterocycles. The molecule has 2 aromatic rings. The quantitative estimate of drug-likeness (QED) is 0.828. The molecule has 0 aliphatic rings. The van der Waals surface area contributed by atoms with E-state index < -0.39 is 11.6 Å². The molecular formula is C13H13BrF2N4. The summed E-state index contributed by atoms with van der Waals surface area (Å²) in [5.74, 6) is -0.171. The van der Waals surface area contributed by atoms with Crippen molar-refractivity contribution in [1.82, 2.24) is 9.97 Å². The fraction of sp³-hybridized carbons (Fsp3) is 0.231. The highest BCUT2D eigenvalue weighted by molar-refractivity contribution is 9.10. The van der Waals surface area contributed by atoms with Gasteiger partial charge in [0.05, 0.1) is 10.2 Å². The number of nitrogens with zero attached hydrogens (tertiary/aromatic N) is 2. The standard InChI is InChI=1S/C13H13BrF2N4/c1-3-7-12(17-2)18-6-19-13(7)20-11-4-8(14)9(15)5-10(11)16/h4-6H,3H2,1-2H3,(H2,17,18,19,20). The molecule has 0 unspecified atom stereocenters. The van der Waals surface area contributed by atoms with Crippen molar-refractivity contribution in [3.63, 3.8) is 0 Å². The third-order valence-corrected chi connectivity index (χ3v) is 3.41. The van der Waals surface area contributed by atoms with Crippen LogP contribution in [0.3, 0.4) is 0 Å². The molecule has 0 radical (unpaired) electrons. The Kier molecular flexibility index (Phi) is 4.49. The number of benzene rings is 1. The summed E-state index contributed by atoms with van der Waals surface area (Å²) >= 11 is 3.03. The number of hydrogen-bond acceptors (Lipinski definition) is 4. The summed E-state index contributed by atoms with van der Waals surface area (Å²) in [4.78, 5) is 8.21. The molecule has 2 N–H and O–H groups in total. The predicted octanol–water partition coefficient (Wildman–Crippen LogP) is 3.87. The van der Waals surface area contributed by atoms with Crippen LogP contribution >= 0.6 is 15.9 Å². The number of anilines is 3. The molecule has 0 spiro atoms. The van der Waals surface area contributed by atoms with E-state index >= 15 is 0 Å². The molecule has 20 heavy (non-hydrogen) atoms. The molecule has 0 atom stereocenters. The normalized spacial score (nSPS) is 10.4. The summed E-state index contributed by atoms with van der Waals surface area (Å²) in [5, 5.41) is 5.83. The average Bonchev–Trinajstić information content (AvgIpc) is 2.44. The zero-order valence-electron chi connectivity index (χ0n) is 11.0. The molecule has 106 valence electrons. The third kappa shape index (κ3) is 2.87. The van der Waals surface area contributed by atoms with Gasteiger partial charge in [-0.05, 0) is 28.4 Å². The van der Waals surface area contributed by atoms with Crippen LogP contribution in [-0.2, 0) is 6.42 Å². The number of aromatic nitrogens is 2. The van der Waals surface area contributed by atoms with E-state index in [0.29, 0.717) is 18.1 Å². The zero-order chi connectivity index (χ0) is 14.7. The summed E-state index contributed by atoms with van der Waals surface area (Å²) < 4.78 is 27.1. The molecule has 0 fully saturated rings. The first-order valence-electron chi connectivity index (χ1n) is 6.00. The van der Waals surface area contributed by atoms with Crippen LogP contribution in [0.1, 0.15) is 12.5 Å². The maximum Gasteiger partial charge on any atom is 0.149 e. The van der Waals surface area contributed by atoms with E-state index in [2.05, 4.69) is 36.5 Å². The lowest BCUT2D eigenvalue weighted by Crippen LogP contribution is -2.06. The lowest BCUT2D eigenvalue weighted by Gasteiger charge is -2.13. The van der Waals surface area contributed by atoms with Gasteiger partial charge in [0.2, 0.25) is 0 Å². The molecule has 1 heterocycles. The Balaban J connectivity index is 2.42. The van der Waals surface area contributed by atoms with Crippen LogP contribution < -0.4 is 10.6 Å². The lowest BCUT2D eigenvalue weighted by atomic mass is 10.2. The van der Waals surface area contributed by atoms with Gasteiger partial charge in [-0.25, -0.2) is 18.7 Å². The van der Waals surface area contributed by atoms with Gasteiger partial charge in [0.25, 0.3) is 0 Å². The second-order valence-electron chi connectivity index (χ2n) is 4.02. The Bertz CT molecular complexity index is 634. The van der Waals surface area contributed by atoms with Gasteiger partial charge in [0.15, 0.2) is 0 Å². The van der Waals surface area contributed by atoms with Crippen molar-refractivity contribution < 1.29 is 8.78 Å². The van der Waals surface area contributed by atoms with Gasteiger partial charge in [-0.1, -0.05) is 6.92 Å². The molecule has 4 nitrogen and oxygen atoms in total. The maximum atomic E-state index is 13.8. The van der Waals surface area contributed by atoms with E-state index in [1.165, 1.54) is 12.4 Å². The largest absolute Gasteiger partial charge is 0.373 e.